The van der Waals surface area contributed by atoms with Gasteiger partial charge in [-0.1, -0.05) is 23.7 Å². The van der Waals surface area contributed by atoms with E-state index < -0.39 is 0 Å². The summed E-state index contributed by atoms with van der Waals surface area (Å²) in [6.07, 6.45) is 0. The van der Waals surface area contributed by atoms with E-state index in [1.807, 2.05) is 18.2 Å². The number of esters is 1. The van der Waals surface area contributed by atoms with E-state index in [9.17, 15) is 9.59 Å². The van der Waals surface area contributed by atoms with E-state index in [2.05, 4.69) is 5.32 Å². The minimum Gasteiger partial charge on any atom is -0.468 e. The maximum absolute atomic E-state index is 12.0. The summed E-state index contributed by atoms with van der Waals surface area (Å²) in [7, 11) is 1.40. The van der Waals surface area contributed by atoms with E-state index >= 15 is 0 Å². The summed E-state index contributed by atoms with van der Waals surface area (Å²) >= 11 is 7.51. The first kappa shape index (κ1) is 17.1. The van der Waals surface area contributed by atoms with Crippen LogP contribution in [0.4, 0.5) is 0 Å². The Kier molecular flexibility index (Phi) is 6.54. The molecule has 0 aliphatic carbocycles. The van der Waals surface area contributed by atoms with Crippen molar-refractivity contribution in [2.24, 2.45) is 0 Å². The molecule has 1 fully saturated rings. The number of thioether (sulfide) groups is 1. The molecule has 1 aromatic carbocycles. The third kappa shape index (κ3) is 5.19. The summed E-state index contributed by atoms with van der Waals surface area (Å²) in [5, 5.41) is 3.38. The second-order valence-electron chi connectivity index (χ2n) is 5.17. The van der Waals surface area contributed by atoms with Gasteiger partial charge in [0.2, 0.25) is 0 Å². The van der Waals surface area contributed by atoms with Crippen LogP contribution in [0.1, 0.15) is 5.56 Å². The zero-order chi connectivity index (χ0) is 15.9. The summed E-state index contributed by atoms with van der Waals surface area (Å²) in [6.45, 7) is 2.33. The lowest BCUT2D eigenvalue weighted by Gasteiger charge is -2.27. The van der Waals surface area contributed by atoms with Gasteiger partial charge in [0.15, 0.2) is 11.8 Å². The maximum Gasteiger partial charge on any atom is 0.324 e. The van der Waals surface area contributed by atoms with Crippen molar-refractivity contribution in [2.45, 2.75) is 11.8 Å². The van der Waals surface area contributed by atoms with E-state index in [0.717, 1.165) is 22.8 Å². The molecule has 1 aromatic rings. The number of carbonyl (C=O) groups excluding carboxylic acids is 2. The average Bonchev–Trinajstić information content (AvgIpc) is 2.52. The quantitative estimate of drug-likeness (QED) is 0.746. The highest BCUT2D eigenvalue weighted by Gasteiger charge is 2.30. The molecule has 1 unspecified atom stereocenters. The first-order valence-electron chi connectivity index (χ1n) is 7.12. The van der Waals surface area contributed by atoms with E-state index in [1.165, 1.54) is 7.11 Å². The lowest BCUT2D eigenvalue weighted by Crippen LogP contribution is -3.15. The fourth-order valence-corrected chi connectivity index (χ4v) is 3.84. The number of carbonyl (C=O) groups is 2. The van der Waals surface area contributed by atoms with Gasteiger partial charge in [0.25, 0.3) is 5.91 Å². The molecule has 2 rings (SSSR count). The van der Waals surface area contributed by atoms with Crippen LogP contribution in [-0.4, -0.2) is 49.6 Å². The number of halogens is 1. The number of hydrogen-bond acceptors (Lipinski definition) is 4. The Morgan fingerprint density at radius 1 is 1.50 bits per heavy atom. The van der Waals surface area contributed by atoms with Gasteiger partial charge in [0, 0.05) is 17.3 Å². The van der Waals surface area contributed by atoms with Gasteiger partial charge < -0.3 is 15.0 Å². The first-order chi connectivity index (χ1) is 10.6. The molecule has 1 aliphatic rings. The van der Waals surface area contributed by atoms with Gasteiger partial charge in [-0.05, 0) is 17.7 Å². The zero-order valence-electron chi connectivity index (χ0n) is 12.4. The van der Waals surface area contributed by atoms with Crippen LogP contribution in [0, 0.1) is 0 Å². The smallest absolute Gasteiger partial charge is 0.324 e. The standard InChI is InChI=1S/C15H19ClN2O3S/c1-21-15(20)13-9-18(5-6-22-13)10-14(19)17-8-11-3-2-4-12(16)7-11/h2-4,7,13H,5-6,8-10H2,1H3,(H,17,19)/p+1/t13-/m1/s1. The summed E-state index contributed by atoms with van der Waals surface area (Å²) < 4.78 is 4.77. The van der Waals surface area contributed by atoms with Crippen LogP contribution in [0.2, 0.25) is 5.02 Å². The van der Waals surface area contributed by atoms with Crippen molar-refractivity contribution in [1.82, 2.24) is 5.32 Å². The third-order valence-corrected chi connectivity index (χ3v) is 4.94. The Bertz CT molecular complexity index is 541. The SMILES string of the molecule is COC(=O)[C@H]1C[NH+](CC(=O)NCc2cccc(Cl)c2)CCS1. The van der Waals surface area contributed by atoms with Gasteiger partial charge in [0.05, 0.1) is 13.7 Å². The minimum absolute atomic E-state index is 0.0227. The van der Waals surface area contributed by atoms with Gasteiger partial charge in [-0.3, -0.25) is 9.59 Å². The number of benzene rings is 1. The van der Waals surface area contributed by atoms with Crippen LogP contribution in [0.5, 0.6) is 0 Å². The van der Waals surface area contributed by atoms with E-state index in [1.54, 1.807) is 17.8 Å². The van der Waals surface area contributed by atoms with Crippen LogP contribution in [-0.2, 0) is 20.9 Å². The molecule has 0 radical (unpaired) electrons. The molecule has 7 heteroatoms. The number of methoxy groups -OCH3 is 1. The van der Waals surface area contributed by atoms with E-state index in [4.69, 9.17) is 16.3 Å². The van der Waals surface area contributed by atoms with Crippen molar-refractivity contribution in [3.63, 3.8) is 0 Å². The molecule has 0 saturated carbocycles. The number of amides is 1. The van der Waals surface area contributed by atoms with Crippen LogP contribution in [0.15, 0.2) is 24.3 Å². The van der Waals surface area contributed by atoms with Crippen molar-refractivity contribution < 1.29 is 19.2 Å². The molecule has 2 atom stereocenters. The number of quaternary nitrogens is 1. The fourth-order valence-electron chi connectivity index (χ4n) is 2.35. The molecular weight excluding hydrogens is 324 g/mol. The number of hydrogen-bond donors (Lipinski definition) is 2. The highest BCUT2D eigenvalue weighted by atomic mass is 35.5. The van der Waals surface area contributed by atoms with Gasteiger partial charge in [0.1, 0.15) is 6.54 Å². The summed E-state index contributed by atoms with van der Waals surface area (Å²) in [6, 6.07) is 7.41. The Morgan fingerprint density at radius 3 is 3.05 bits per heavy atom. The lowest BCUT2D eigenvalue weighted by atomic mass is 10.2. The number of ether oxygens (including phenoxy) is 1. The highest BCUT2D eigenvalue weighted by Crippen LogP contribution is 2.12. The van der Waals surface area contributed by atoms with E-state index in [-0.39, 0.29) is 17.1 Å². The molecule has 1 heterocycles. The van der Waals surface area contributed by atoms with Crippen molar-refractivity contribution in [2.75, 3.05) is 32.5 Å². The van der Waals surface area contributed by atoms with Crippen molar-refractivity contribution in [1.29, 1.82) is 0 Å². The largest absolute Gasteiger partial charge is 0.468 e. The Hall–Kier alpha value is -1.24. The first-order valence-corrected chi connectivity index (χ1v) is 8.55. The van der Waals surface area contributed by atoms with Crippen LogP contribution >= 0.6 is 23.4 Å². The Labute approximate surface area is 139 Å². The fraction of sp³-hybridized carbons (Fsp3) is 0.467. The van der Waals surface area contributed by atoms with Gasteiger partial charge in [-0.2, -0.15) is 0 Å². The minimum atomic E-state index is -0.207. The molecule has 5 nitrogen and oxygen atoms in total. The van der Waals surface area contributed by atoms with E-state index in [0.29, 0.717) is 24.7 Å². The van der Waals surface area contributed by atoms with Crippen LogP contribution in [0.3, 0.4) is 0 Å². The van der Waals surface area contributed by atoms with Crippen molar-refractivity contribution in [3.05, 3.63) is 34.9 Å². The molecule has 0 spiro atoms. The zero-order valence-corrected chi connectivity index (χ0v) is 14.0. The normalized spacial score (nSPS) is 21.2. The van der Waals surface area contributed by atoms with Crippen molar-refractivity contribution >= 4 is 35.2 Å². The predicted octanol–water partition coefficient (Wildman–Crippen LogP) is 0.130. The molecular formula is C15H20ClN2O3S+. The number of nitrogens with one attached hydrogen (secondary N) is 2. The lowest BCUT2D eigenvalue weighted by molar-refractivity contribution is -0.889. The second-order valence-corrected chi connectivity index (χ2v) is 6.92. The van der Waals surface area contributed by atoms with Gasteiger partial charge in [-0.15, -0.1) is 11.8 Å². The monoisotopic (exact) mass is 343 g/mol. The maximum atomic E-state index is 12.0. The molecule has 22 heavy (non-hydrogen) atoms. The van der Waals surface area contributed by atoms with Gasteiger partial charge in [-0.25, -0.2) is 0 Å². The topological polar surface area (TPSA) is 59.8 Å². The molecule has 2 N–H and O–H groups in total. The third-order valence-electron chi connectivity index (χ3n) is 3.50. The molecule has 0 aromatic heterocycles. The summed E-state index contributed by atoms with van der Waals surface area (Å²) in [4.78, 5) is 24.7. The molecule has 0 bridgehead atoms. The summed E-state index contributed by atoms with van der Waals surface area (Å²) in [5.74, 6) is 0.628. The molecule has 120 valence electrons. The number of rotatable bonds is 5. The van der Waals surface area contributed by atoms with Gasteiger partial charge >= 0.3 is 5.97 Å². The Balaban J connectivity index is 1.78. The van der Waals surface area contributed by atoms with Crippen LogP contribution in [0.25, 0.3) is 0 Å². The van der Waals surface area contributed by atoms with Crippen LogP contribution < -0.4 is 10.2 Å². The summed E-state index contributed by atoms with van der Waals surface area (Å²) in [5.41, 5.74) is 0.970. The second kappa shape index (κ2) is 8.41. The average molecular weight is 344 g/mol. The van der Waals surface area contributed by atoms with Crippen molar-refractivity contribution in [3.8, 4) is 0 Å². The molecule has 1 saturated heterocycles. The Morgan fingerprint density at radius 2 is 2.32 bits per heavy atom. The molecule has 1 amide bonds. The molecule has 1 aliphatic heterocycles. The predicted molar refractivity (Wildman–Crippen MR) is 87.1 cm³/mol. The highest BCUT2D eigenvalue weighted by molar-refractivity contribution is 8.00.